The van der Waals surface area contributed by atoms with E-state index in [0.717, 1.165) is 13.0 Å². The van der Waals surface area contributed by atoms with E-state index < -0.39 is 0 Å². The molecular weight excluding hydrogens is 218 g/mol. The number of para-hydroxylation sites is 1. The summed E-state index contributed by atoms with van der Waals surface area (Å²) in [6.45, 7) is 1.47. The predicted octanol–water partition coefficient (Wildman–Crippen LogP) is 0.712. The van der Waals surface area contributed by atoms with E-state index in [-0.39, 0.29) is 11.3 Å². The summed E-state index contributed by atoms with van der Waals surface area (Å²) in [7, 11) is 1.87. The minimum atomic E-state index is -0.109. The molecule has 0 aliphatic carbocycles. The normalized spacial score (nSPS) is 10.9. The van der Waals surface area contributed by atoms with Gasteiger partial charge in [-0.05, 0) is 32.1 Å². The van der Waals surface area contributed by atoms with Crippen LogP contribution in [0.5, 0.6) is 5.75 Å². The quantitative estimate of drug-likeness (QED) is 0.763. The van der Waals surface area contributed by atoms with Gasteiger partial charge >= 0.3 is 0 Å². The third-order valence-corrected chi connectivity index (χ3v) is 2.66. The maximum atomic E-state index is 12.1. The average Bonchev–Trinajstić information content (AvgIpc) is 2.33. The Morgan fingerprint density at radius 1 is 1.47 bits per heavy atom. The number of hydrogen-bond donors (Lipinski definition) is 2. The zero-order valence-corrected chi connectivity index (χ0v) is 9.68. The SMILES string of the molecule is CNCCCn1cnc2c(O)cccc2c1=O. The van der Waals surface area contributed by atoms with Crippen LogP contribution in [0.2, 0.25) is 0 Å². The Balaban J connectivity index is 2.41. The topological polar surface area (TPSA) is 67.2 Å². The van der Waals surface area contributed by atoms with E-state index in [9.17, 15) is 9.90 Å². The van der Waals surface area contributed by atoms with Crippen LogP contribution in [0.3, 0.4) is 0 Å². The summed E-state index contributed by atoms with van der Waals surface area (Å²) in [6.07, 6.45) is 2.35. The van der Waals surface area contributed by atoms with Crippen LogP contribution in [0.25, 0.3) is 10.9 Å². The Bertz CT molecular complexity index is 577. The van der Waals surface area contributed by atoms with Crippen LogP contribution in [0, 0.1) is 0 Å². The second kappa shape index (κ2) is 4.97. The number of aromatic hydroxyl groups is 1. The maximum absolute atomic E-state index is 12.1. The molecule has 5 heteroatoms. The molecule has 0 aliphatic heterocycles. The lowest BCUT2D eigenvalue weighted by Gasteiger charge is -2.06. The van der Waals surface area contributed by atoms with Gasteiger partial charge in [-0.25, -0.2) is 4.98 Å². The Morgan fingerprint density at radius 3 is 3.06 bits per heavy atom. The lowest BCUT2D eigenvalue weighted by molar-refractivity contribution is 0.479. The molecule has 90 valence electrons. The zero-order chi connectivity index (χ0) is 12.3. The fourth-order valence-electron chi connectivity index (χ4n) is 1.76. The second-order valence-electron chi connectivity index (χ2n) is 3.87. The van der Waals surface area contributed by atoms with Gasteiger partial charge in [-0.3, -0.25) is 9.36 Å². The van der Waals surface area contributed by atoms with Crippen LogP contribution in [0.15, 0.2) is 29.3 Å². The van der Waals surface area contributed by atoms with E-state index in [4.69, 9.17) is 0 Å². The molecule has 0 aliphatic rings. The summed E-state index contributed by atoms with van der Waals surface area (Å²) in [6, 6.07) is 4.86. The third kappa shape index (κ3) is 2.29. The largest absolute Gasteiger partial charge is 0.506 e. The Morgan fingerprint density at radius 2 is 2.29 bits per heavy atom. The molecular formula is C12H15N3O2. The molecule has 0 fully saturated rings. The van der Waals surface area contributed by atoms with Crippen molar-refractivity contribution in [2.75, 3.05) is 13.6 Å². The third-order valence-electron chi connectivity index (χ3n) is 2.66. The average molecular weight is 233 g/mol. The van der Waals surface area contributed by atoms with Crippen molar-refractivity contribution < 1.29 is 5.11 Å². The zero-order valence-electron chi connectivity index (χ0n) is 9.68. The molecule has 0 radical (unpaired) electrons. The van der Waals surface area contributed by atoms with Crippen LogP contribution in [0.1, 0.15) is 6.42 Å². The van der Waals surface area contributed by atoms with E-state index in [0.29, 0.717) is 17.4 Å². The number of aryl methyl sites for hydroxylation is 1. The maximum Gasteiger partial charge on any atom is 0.261 e. The fourth-order valence-corrected chi connectivity index (χ4v) is 1.76. The highest BCUT2D eigenvalue weighted by Crippen LogP contribution is 2.18. The molecule has 2 aromatic rings. The molecule has 0 atom stereocenters. The first kappa shape index (κ1) is 11.6. The van der Waals surface area contributed by atoms with Gasteiger partial charge in [0, 0.05) is 6.54 Å². The number of nitrogens with zero attached hydrogens (tertiary/aromatic N) is 2. The van der Waals surface area contributed by atoms with Crippen LogP contribution in [-0.2, 0) is 6.54 Å². The van der Waals surface area contributed by atoms with Gasteiger partial charge in [-0.1, -0.05) is 6.07 Å². The van der Waals surface area contributed by atoms with Crippen molar-refractivity contribution in [3.05, 3.63) is 34.9 Å². The molecule has 17 heavy (non-hydrogen) atoms. The molecule has 1 aromatic heterocycles. The van der Waals surface area contributed by atoms with Gasteiger partial charge in [-0.2, -0.15) is 0 Å². The first-order valence-electron chi connectivity index (χ1n) is 5.56. The molecule has 5 nitrogen and oxygen atoms in total. The standard InChI is InChI=1S/C12H15N3O2/c1-13-6-3-7-15-8-14-11-9(12(15)17)4-2-5-10(11)16/h2,4-5,8,13,16H,3,6-7H2,1H3. The molecule has 1 aromatic carbocycles. The molecule has 0 amide bonds. The minimum absolute atomic E-state index is 0.0435. The summed E-state index contributed by atoms with van der Waals surface area (Å²) >= 11 is 0. The van der Waals surface area contributed by atoms with Crippen molar-refractivity contribution in [1.29, 1.82) is 0 Å². The van der Waals surface area contributed by atoms with Crippen molar-refractivity contribution in [3.8, 4) is 5.75 Å². The molecule has 1 heterocycles. The summed E-state index contributed by atoms with van der Waals surface area (Å²) in [5, 5.41) is 13.1. The van der Waals surface area contributed by atoms with E-state index in [1.54, 1.807) is 16.7 Å². The highest BCUT2D eigenvalue weighted by atomic mass is 16.3. The molecule has 2 N–H and O–H groups in total. The van der Waals surface area contributed by atoms with Gasteiger partial charge in [0.25, 0.3) is 5.56 Å². The molecule has 0 unspecified atom stereocenters. The van der Waals surface area contributed by atoms with Crippen molar-refractivity contribution in [3.63, 3.8) is 0 Å². The number of rotatable bonds is 4. The number of phenolic OH excluding ortho intramolecular Hbond substituents is 1. The molecule has 0 saturated carbocycles. The van der Waals surface area contributed by atoms with Crippen LogP contribution in [-0.4, -0.2) is 28.3 Å². The summed E-state index contributed by atoms with van der Waals surface area (Å²) in [5.41, 5.74) is 0.254. The highest BCUT2D eigenvalue weighted by molar-refractivity contribution is 5.82. The van der Waals surface area contributed by atoms with Gasteiger partial charge in [0.1, 0.15) is 11.3 Å². The molecule has 0 bridgehead atoms. The fraction of sp³-hybridized carbons (Fsp3) is 0.333. The first-order valence-corrected chi connectivity index (χ1v) is 5.56. The van der Waals surface area contributed by atoms with Gasteiger partial charge in [0.2, 0.25) is 0 Å². The summed E-state index contributed by atoms with van der Waals surface area (Å²) in [4.78, 5) is 16.2. The number of aromatic nitrogens is 2. The smallest absolute Gasteiger partial charge is 0.261 e. The number of fused-ring (bicyclic) bond motifs is 1. The lowest BCUT2D eigenvalue weighted by Crippen LogP contribution is -2.22. The summed E-state index contributed by atoms with van der Waals surface area (Å²) < 4.78 is 1.57. The van der Waals surface area contributed by atoms with Gasteiger partial charge in [0.05, 0.1) is 11.7 Å². The van der Waals surface area contributed by atoms with Crippen molar-refractivity contribution in [2.45, 2.75) is 13.0 Å². The van der Waals surface area contributed by atoms with E-state index in [1.807, 2.05) is 7.05 Å². The number of hydrogen-bond acceptors (Lipinski definition) is 4. The van der Waals surface area contributed by atoms with Gasteiger partial charge in [-0.15, -0.1) is 0 Å². The Hall–Kier alpha value is -1.88. The van der Waals surface area contributed by atoms with E-state index in [2.05, 4.69) is 10.3 Å². The van der Waals surface area contributed by atoms with Crippen LogP contribution >= 0.6 is 0 Å². The van der Waals surface area contributed by atoms with Crippen LogP contribution in [0.4, 0.5) is 0 Å². The second-order valence-corrected chi connectivity index (χ2v) is 3.87. The minimum Gasteiger partial charge on any atom is -0.506 e. The number of benzene rings is 1. The molecule has 0 spiro atoms. The number of phenols is 1. The lowest BCUT2D eigenvalue weighted by atomic mass is 10.2. The molecule has 2 rings (SSSR count). The van der Waals surface area contributed by atoms with Crippen molar-refractivity contribution >= 4 is 10.9 Å². The van der Waals surface area contributed by atoms with Crippen LogP contribution < -0.4 is 10.9 Å². The van der Waals surface area contributed by atoms with Crippen molar-refractivity contribution in [1.82, 2.24) is 14.9 Å². The molecule has 0 saturated heterocycles. The predicted molar refractivity (Wildman–Crippen MR) is 66.2 cm³/mol. The van der Waals surface area contributed by atoms with E-state index >= 15 is 0 Å². The Labute approximate surface area is 98.7 Å². The van der Waals surface area contributed by atoms with E-state index in [1.165, 1.54) is 12.4 Å². The monoisotopic (exact) mass is 233 g/mol. The van der Waals surface area contributed by atoms with Gasteiger partial charge in [0.15, 0.2) is 0 Å². The Kier molecular flexibility index (Phi) is 3.39. The first-order chi connectivity index (χ1) is 8.24. The number of nitrogens with one attached hydrogen (secondary N) is 1. The van der Waals surface area contributed by atoms with Crippen molar-refractivity contribution in [2.24, 2.45) is 0 Å². The van der Waals surface area contributed by atoms with Gasteiger partial charge < -0.3 is 10.4 Å². The highest BCUT2D eigenvalue weighted by Gasteiger charge is 2.06. The summed E-state index contributed by atoms with van der Waals surface area (Å²) in [5.74, 6) is 0.0435.